The summed E-state index contributed by atoms with van der Waals surface area (Å²) in [6.07, 6.45) is -2.27. The predicted molar refractivity (Wildman–Crippen MR) is 97.9 cm³/mol. The van der Waals surface area contributed by atoms with Gasteiger partial charge in [-0.3, -0.25) is 0 Å². The van der Waals surface area contributed by atoms with Gasteiger partial charge in [-0.2, -0.15) is 0 Å². The van der Waals surface area contributed by atoms with Crippen molar-refractivity contribution in [3.05, 3.63) is 69.9 Å². The van der Waals surface area contributed by atoms with E-state index in [1.165, 1.54) is 24.3 Å². The van der Waals surface area contributed by atoms with Crippen molar-refractivity contribution in [2.75, 3.05) is 0 Å². The van der Waals surface area contributed by atoms with Gasteiger partial charge < -0.3 is 22.3 Å². The summed E-state index contributed by atoms with van der Waals surface area (Å²) in [5.74, 6) is -1.54. The first-order valence-corrected chi connectivity index (χ1v) is 9.28. The molecule has 0 fully saturated rings. The zero-order valence-electron chi connectivity index (χ0n) is 13.4. The molecule has 0 saturated heterocycles. The molecule has 3 nitrogen and oxygen atoms in total. The number of benzene rings is 1. The molecular weight excluding hydrogens is 521 g/mol. The van der Waals surface area contributed by atoms with Crippen LogP contribution in [0.3, 0.4) is 0 Å². The van der Waals surface area contributed by atoms with E-state index in [1.807, 2.05) is 0 Å². The Hall–Kier alpha value is -1.95. The highest BCUT2D eigenvalue weighted by molar-refractivity contribution is 9.18. The lowest BCUT2D eigenvalue weighted by atomic mass is 9.86. The number of halogens is 8. The molecule has 1 aromatic heterocycles. The normalized spacial score (nSPS) is 17.9. The average molecular weight is 528 g/mol. The minimum Gasteiger partial charge on any atom is -0.406 e. The number of rotatable bonds is 2. The van der Waals surface area contributed by atoms with Gasteiger partial charge in [0.05, 0.1) is 10.2 Å². The second kappa shape index (κ2) is 6.28. The van der Waals surface area contributed by atoms with Gasteiger partial charge in [-0.1, -0.05) is 0 Å². The van der Waals surface area contributed by atoms with E-state index in [0.29, 0.717) is 8.96 Å². The van der Waals surface area contributed by atoms with E-state index in [0.717, 1.165) is 18.2 Å². The Bertz CT molecular complexity index is 1100. The highest BCUT2D eigenvalue weighted by atomic mass is 79.9. The zero-order valence-corrected chi connectivity index (χ0v) is 16.6. The highest BCUT2D eigenvalue weighted by Gasteiger charge is 2.54. The smallest absolute Gasteiger partial charge is 0.406 e. The molecule has 0 amide bonds. The molecule has 1 aromatic carbocycles. The maximum Gasteiger partial charge on any atom is 0.738 e. The molecule has 0 radical (unpaired) electrons. The minimum atomic E-state index is -4.98. The van der Waals surface area contributed by atoms with Crippen LogP contribution in [0.2, 0.25) is 0 Å². The predicted octanol–water partition coefficient (Wildman–Crippen LogP) is 5.66. The molecule has 2 aliphatic rings. The summed E-state index contributed by atoms with van der Waals surface area (Å²) in [7, 11) is 0. The molecule has 4 rings (SSSR count). The summed E-state index contributed by atoms with van der Waals surface area (Å²) in [5, 5.41) is 0. The second-order valence-corrected chi connectivity index (χ2v) is 7.60. The number of ether oxygens (including phenoxy) is 1. The van der Waals surface area contributed by atoms with Gasteiger partial charge in [0.15, 0.2) is 5.70 Å². The summed E-state index contributed by atoms with van der Waals surface area (Å²) in [6, 6.07) is 5.16. The van der Waals surface area contributed by atoms with Gasteiger partial charge >= 0.3 is 13.3 Å². The lowest BCUT2D eigenvalue weighted by Gasteiger charge is -2.32. The molecule has 2 aliphatic heterocycles. The summed E-state index contributed by atoms with van der Waals surface area (Å²) < 4.78 is 87.8. The Kier molecular flexibility index (Phi) is 4.34. The van der Waals surface area contributed by atoms with Gasteiger partial charge in [0.2, 0.25) is 4.62 Å². The van der Waals surface area contributed by atoms with Crippen LogP contribution in [-0.4, -0.2) is 26.9 Å². The van der Waals surface area contributed by atoms with Crippen LogP contribution in [0.1, 0.15) is 11.3 Å². The van der Waals surface area contributed by atoms with Crippen LogP contribution in [0.25, 0.3) is 5.57 Å². The lowest BCUT2D eigenvalue weighted by molar-refractivity contribution is -0.358. The number of aromatic nitrogens is 1. The van der Waals surface area contributed by atoms with E-state index in [9.17, 15) is 17.6 Å². The maximum atomic E-state index is 15.1. The van der Waals surface area contributed by atoms with Crippen molar-refractivity contribution in [3.8, 4) is 5.75 Å². The number of alkyl halides is 3. The lowest BCUT2D eigenvalue weighted by Crippen LogP contribution is -2.50. The molecule has 28 heavy (non-hydrogen) atoms. The van der Waals surface area contributed by atoms with Crippen LogP contribution >= 0.6 is 31.9 Å². The van der Waals surface area contributed by atoms with Gasteiger partial charge in [-0.05, 0) is 46.3 Å². The van der Waals surface area contributed by atoms with Crippen molar-refractivity contribution in [3.63, 3.8) is 0 Å². The van der Waals surface area contributed by atoms with E-state index in [1.54, 1.807) is 0 Å². The van der Waals surface area contributed by atoms with Crippen LogP contribution in [0, 0.1) is 5.82 Å². The third-order valence-electron chi connectivity index (χ3n) is 4.31. The first-order chi connectivity index (χ1) is 13.0. The number of hydrogen-bond donors (Lipinski definition) is 0. The Balaban J connectivity index is 2.01. The van der Waals surface area contributed by atoms with Crippen LogP contribution in [0.5, 0.6) is 5.75 Å². The highest BCUT2D eigenvalue weighted by Crippen LogP contribution is 2.43. The fourth-order valence-corrected chi connectivity index (χ4v) is 4.44. The van der Waals surface area contributed by atoms with E-state index >= 15 is 8.63 Å². The Morgan fingerprint density at radius 2 is 1.75 bits per heavy atom. The third kappa shape index (κ3) is 2.93. The van der Waals surface area contributed by atoms with Gasteiger partial charge in [0, 0.05) is 39.3 Å². The number of fused-ring (bicyclic) bond motifs is 2. The van der Waals surface area contributed by atoms with Gasteiger partial charge in [-0.15, -0.1) is 13.2 Å². The quantitative estimate of drug-likeness (QED) is 0.364. The average Bonchev–Trinajstić information content (AvgIpc) is 3.14. The largest absolute Gasteiger partial charge is 0.738 e. The SMILES string of the molecule is Fc1ccc(OC(F)(F)F)cc1C1=C2C=CC(Br)=[N+]2[B-](F)(F)n2c(Br)ccc21. The first-order valence-electron chi connectivity index (χ1n) is 7.70. The minimum absolute atomic E-state index is 0.00863. The molecule has 0 bridgehead atoms. The molecule has 2 aromatic rings. The third-order valence-corrected chi connectivity index (χ3v) is 5.60. The van der Waals surface area contributed by atoms with E-state index in [4.69, 9.17) is 0 Å². The van der Waals surface area contributed by atoms with E-state index in [2.05, 4.69) is 36.6 Å². The van der Waals surface area contributed by atoms with Crippen LogP contribution < -0.4 is 4.74 Å². The maximum absolute atomic E-state index is 15.1. The van der Waals surface area contributed by atoms with Crippen molar-refractivity contribution in [2.24, 2.45) is 0 Å². The summed E-state index contributed by atoms with van der Waals surface area (Å²) in [6.45, 7) is -4.32. The van der Waals surface area contributed by atoms with Gasteiger partial charge in [-0.25, -0.2) is 4.39 Å². The van der Waals surface area contributed by atoms with Gasteiger partial charge in [0.25, 0.3) is 0 Å². The van der Waals surface area contributed by atoms with Crippen LogP contribution in [0.15, 0.2) is 52.8 Å². The van der Waals surface area contributed by atoms with Gasteiger partial charge in [0.1, 0.15) is 11.6 Å². The fourth-order valence-electron chi connectivity index (χ4n) is 3.30. The van der Waals surface area contributed by atoms with Crippen molar-refractivity contribution in [2.45, 2.75) is 6.36 Å². The van der Waals surface area contributed by atoms with Crippen LogP contribution in [0.4, 0.5) is 26.2 Å². The molecule has 0 saturated carbocycles. The molecule has 12 heteroatoms. The molecule has 3 heterocycles. The van der Waals surface area contributed by atoms with Crippen LogP contribution in [-0.2, 0) is 0 Å². The molecule has 0 unspecified atom stereocenters. The van der Waals surface area contributed by atoms with Crippen molar-refractivity contribution < 1.29 is 35.4 Å². The molecule has 0 aliphatic carbocycles. The number of hydrogen-bond acceptors (Lipinski definition) is 1. The first kappa shape index (κ1) is 19.4. The fraction of sp³-hybridized carbons (Fsp3) is 0.0625. The molecule has 0 atom stereocenters. The molecular formula is C16H7BBr2F6N2O. The molecule has 0 N–H and O–H groups in total. The number of allylic oxidation sites excluding steroid dienone is 2. The zero-order chi connectivity index (χ0) is 20.4. The molecule has 0 spiro atoms. The Morgan fingerprint density at radius 3 is 2.43 bits per heavy atom. The summed E-state index contributed by atoms with van der Waals surface area (Å²) in [4.78, 5) is 0. The van der Waals surface area contributed by atoms with E-state index in [-0.39, 0.29) is 31.8 Å². The molecule has 146 valence electrons. The van der Waals surface area contributed by atoms with Crippen molar-refractivity contribution in [1.29, 1.82) is 0 Å². The summed E-state index contributed by atoms with van der Waals surface area (Å²) in [5.41, 5.74) is -0.378. The standard InChI is InChI=1S/C16H7BBr2F6N2O/c18-13-5-3-11-15(9-7-8(1-2-10(9)20)28-16(21,22)23)12-4-6-14(19)27(12)17(24,25)26(11)13/h1-7H. The monoisotopic (exact) mass is 526 g/mol. The summed E-state index contributed by atoms with van der Waals surface area (Å²) >= 11 is 6.11. The second-order valence-electron chi connectivity index (χ2n) is 5.98. The van der Waals surface area contributed by atoms with Crippen molar-refractivity contribution >= 4 is 49.0 Å². The van der Waals surface area contributed by atoms with E-state index < -0.39 is 24.9 Å². The van der Waals surface area contributed by atoms with Crippen molar-refractivity contribution in [1.82, 2.24) is 4.48 Å². The Morgan fingerprint density at radius 1 is 1.04 bits per heavy atom. The number of nitrogens with zero attached hydrogens (tertiary/aromatic N) is 2. The Labute approximate surface area is 170 Å². The topological polar surface area (TPSA) is 17.2 Å².